The van der Waals surface area contributed by atoms with Gasteiger partial charge >= 0.3 is 0 Å². The van der Waals surface area contributed by atoms with E-state index in [0.29, 0.717) is 0 Å². The lowest BCUT2D eigenvalue weighted by Crippen LogP contribution is -2.44. The van der Waals surface area contributed by atoms with E-state index in [-0.39, 0.29) is 0 Å². The molecule has 0 fully saturated rings. The molecule has 0 bridgehead atoms. The zero-order valence-electron chi connectivity index (χ0n) is 7.37. The van der Waals surface area contributed by atoms with Crippen LogP contribution in [0.3, 0.4) is 0 Å². The number of carbonyl (C=O) groups is 1. The maximum absolute atomic E-state index is 11.2. The largest absolute Gasteiger partial charge is 0.293 e. The van der Waals surface area contributed by atoms with Crippen molar-refractivity contribution < 1.29 is 13.2 Å². The molecule has 0 aromatic heterocycles. The predicted octanol–water partition coefficient (Wildman–Crippen LogP) is 0.199. The van der Waals surface area contributed by atoms with Crippen LogP contribution in [0.15, 0.2) is 12.2 Å². The lowest BCUT2D eigenvalue weighted by molar-refractivity contribution is -0.116. The van der Waals surface area contributed by atoms with Crippen LogP contribution in [0, 0.1) is 0 Å². The molecular weight excluding hydrogens is 178 g/mol. The van der Waals surface area contributed by atoms with Crippen molar-refractivity contribution in [3.63, 3.8) is 0 Å². The standard InChI is InChI=1S/C7H13NO3S/c1-4-5-6(9)7(2,3)12(8,10)11/h4-5H,1-3H3,(H2,8,10,11). The van der Waals surface area contributed by atoms with Crippen molar-refractivity contribution >= 4 is 15.8 Å². The maximum atomic E-state index is 11.2. The Hall–Kier alpha value is -0.680. The average Bonchev–Trinajstić information content (AvgIpc) is 1.85. The van der Waals surface area contributed by atoms with E-state index >= 15 is 0 Å². The molecule has 0 heterocycles. The molecule has 0 aliphatic rings. The van der Waals surface area contributed by atoms with Crippen LogP contribution in [0.2, 0.25) is 0 Å². The number of sulfonamides is 1. The summed E-state index contributed by atoms with van der Waals surface area (Å²) in [5, 5.41) is 4.86. The Morgan fingerprint density at radius 2 is 1.83 bits per heavy atom. The summed E-state index contributed by atoms with van der Waals surface area (Å²) in [5.41, 5.74) is 0. The summed E-state index contributed by atoms with van der Waals surface area (Å²) in [6.07, 6.45) is 2.68. The molecule has 0 saturated carbocycles. The van der Waals surface area contributed by atoms with Crippen LogP contribution in [-0.2, 0) is 14.8 Å². The van der Waals surface area contributed by atoms with Gasteiger partial charge in [0.15, 0.2) is 5.78 Å². The molecule has 2 N–H and O–H groups in total. The summed E-state index contributed by atoms with van der Waals surface area (Å²) in [6.45, 7) is 4.20. The van der Waals surface area contributed by atoms with Gasteiger partial charge in [-0.25, -0.2) is 13.6 Å². The smallest absolute Gasteiger partial charge is 0.221 e. The number of hydrogen-bond acceptors (Lipinski definition) is 3. The molecule has 0 radical (unpaired) electrons. The first kappa shape index (κ1) is 11.3. The molecule has 0 saturated heterocycles. The molecule has 0 spiro atoms. The highest BCUT2D eigenvalue weighted by Crippen LogP contribution is 2.14. The number of carbonyl (C=O) groups excluding carboxylic acids is 1. The second-order valence-electron chi connectivity index (χ2n) is 2.92. The number of ketones is 1. The summed E-state index contributed by atoms with van der Waals surface area (Å²) in [5.74, 6) is -0.507. The third-order valence-corrected chi connectivity index (χ3v) is 3.25. The van der Waals surface area contributed by atoms with Crippen molar-refractivity contribution in [3.05, 3.63) is 12.2 Å². The molecule has 0 rings (SSSR count). The van der Waals surface area contributed by atoms with E-state index in [1.165, 1.54) is 26.0 Å². The minimum Gasteiger partial charge on any atom is -0.293 e. The summed E-state index contributed by atoms with van der Waals surface area (Å²) in [7, 11) is -3.82. The van der Waals surface area contributed by atoms with Crippen LogP contribution in [-0.4, -0.2) is 18.9 Å². The Labute approximate surface area is 72.5 Å². The summed E-state index contributed by atoms with van der Waals surface area (Å²) >= 11 is 0. The van der Waals surface area contributed by atoms with Gasteiger partial charge in [0.05, 0.1) is 0 Å². The number of hydrogen-bond donors (Lipinski definition) is 1. The van der Waals surface area contributed by atoms with Crippen LogP contribution in [0.4, 0.5) is 0 Å². The summed E-state index contributed by atoms with van der Waals surface area (Å²) < 4.78 is 20.3. The normalized spacial score (nSPS) is 13.7. The quantitative estimate of drug-likeness (QED) is 0.647. The second kappa shape index (κ2) is 3.37. The zero-order valence-corrected chi connectivity index (χ0v) is 8.18. The van der Waals surface area contributed by atoms with Gasteiger partial charge in [-0.1, -0.05) is 6.08 Å². The first-order valence-electron chi connectivity index (χ1n) is 3.43. The van der Waals surface area contributed by atoms with Crippen molar-refractivity contribution in [1.82, 2.24) is 0 Å². The highest BCUT2D eigenvalue weighted by Gasteiger charge is 2.37. The third-order valence-electron chi connectivity index (χ3n) is 1.62. The van der Waals surface area contributed by atoms with Crippen LogP contribution in [0.1, 0.15) is 20.8 Å². The fourth-order valence-corrected chi connectivity index (χ4v) is 0.841. The van der Waals surface area contributed by atoms with Crippen LogP contribution in [0.25, 0.3) is 0 Å². The van der Waals surface area contributed by atoms with Crippen molar-refractivity contribution in [2.75, 3.05) is 0 Å². The van der Waals surface area contributed by atoms with E-state index in [2.05, 4.69) is 0 Å². The Morgan fingerprint density at radius 1 is 1.42 bits per heavy atom. The molecular formula is C7H13NO3S. The van der Waals surface area contributed by atoms with Gasteiger partial charge in [0.1, 0.15) is 4.75 Å². The van der Waals surface area contributed by atoms with Gasteiger partial charge in [-0.3, -0.25) is 4.79 Å². The van der Waals surface area contributed by atoms with E-state index in [1.54, 1.807) is 6.92 Å². The van der Waals surface area contributed by atoms with Gasteiger partial charge in [0.25, 0.3) is 0 Å². The van der Waals surface area contributed by atoms with Gasteiger partial charge in [-0.15, -0.1) is 0 Å². The van der Waals surface area contributed by atoms with E-state index in [9.17, 15) is 13.2 Å². The van der Waals surface area contributed by atoms with Crippen molar-refractivity contribution in [3.8, 4) is 0 Å². The third kappa shape index (κ3) is 2.15. The molecule has 0 aliphatic carbocycles. The highest BCUT2D eigenvalue weighted by molar-refractivity contribution is 7.91. The summed E-state index contributed by atoms with van der Waals surface area (Å²) in [6, 6.07) is 0. The first-order valence-corrected chi connectivity index (χ1v) is 4.97. The summed E-state index contributed by atoms with van der Waals surface area (Å²) in [4.78, 5) is 11.2. The Balaban J connectivity index is 5.01. The first-order chi connectivity index (χ1) is 5.23. The number of rotatable bonds is 3. The van der Waals surface area contributed by atoms with Crippen molar-refractivity contribution in [1.29, 1.82) is 0 Å². The molecule has 0 amide bonds. The Kier molecular flexibility index (Phi) is 3.17. The highest BCUT2D eigenvalue weighted by atomic mass is 32.2. The monoisotopic (exact) mass is 191 g/mol. The van der Waals surface area contributed by atoms with E-state index in [4.69, 9.17) is 5.14 Å². The van der Waals surface area contributed by atoms with E-state index in [0.717, 1.165) is 0 Å². The number of nitrogens with two attached hydrogens (primary N) is 1. The van der Waals surface area contributed by atoms with Crippen LogP contribution < -0.4 is 5.14 Å². The van der Waals surface area contributed by atoms with E-state index in [1.807, 2.05) is 0 Å². The Bertz CT molecular complexity index is 301. The lowest BCUT2D eigenvalue weighted by atomic mass is 10.1. The van der Waals surface area contributed by atoms with E-state index < -0.39 is 20.6 Å². The van der Waals surface area contributed by atoms with Crippen molar-refractivity contribution in [2.45, 2.75) is 25.5 Å². The molecule has 0 aromatic carbocycles. The van der Waals surface area contributed by atoms with Gasteiger partial charge in [0.2, 0.25) is 10.0 Å². The SMILES string of the molecule is CC=CC(=O)C(C)(C)S(N)(=O)=O. The molecule has 70 valence electrons. The fraction of sp³-hybridized carbons (Fsp3) is 0.571. The van der Waals surface area contributed by atoms with Crippen LogP contribution in [0.5, 0.6) is 0 Å². The molecule has 5 heteroatoms. The molecule has 0 unspecified atom stereocenters. The fourth-order valence-electron chi connectivity index (χ4n) is 0.492. The molecule has 12 heavy (non-hydrogen) atoms. The van der Waals surface area contributed by atoms with Gasteiger partial charge in [-0.2, -0.15) is 0 Å². The van der Waals surface area contributed by atoms with Gasteiger partial charge in [-0.05, 0) is 26.8 Å². The average molecular weight is 191 g/mol. The van der Waals surface area contributed by atoms with Gasteiger partial charge in [0, 0.05) is 0 Å². The molecule has 0 aromatic rings. The van der Waals surface area contributed by atoms with Crippen molar-refractivity contribution in [2.24, 2.45) is 5.14 Å². The lowest BCUT2D eigenvalue weighted by Gasteiger charge is -2.17. The van der Waals surface area contributed by atoms with Gasteiger partial charge < -0.3 is 0 Å². The zero-order chi connectivity index (χ0) is 9.99. The second-order valence-corrected chi connectivity index (χ2v) is 5.03. The molecule has 0 aliphatic heterocycles. The topological polar surface area (TPSA) is 77.2 Å². The minimum atomic E-state index is -3.82. The molecule has 0 atom stereocenters. The van der Waals surface area contributed by atoms with Crippen LogP contribution >= 0.6 is 0 Å². The Morgan fingerprint density at radius 3 is 2.08 bits per heavy atom. The minimum absolute atomic E-state index is 0.507. The number of primary sulfonamides is 1. The number of allylic oxidation sites excluding steroid dienone is 2. The molecule has 4 nitrogen and oxygen atoms in total. The predicted molar refractivity (Wildman–Crippen MR) is 47.0 cm³/mol. The maximum Gasteiger partial charge on any atom is 0.221 e.